The number of nitrogens with two attached hydrogens (primary N) is 1. The summed E-state index contributed by atoms with van der Waals surface area (Å²) in [5, 5.41) is 3.27. The number of benzene rings is 1. The summed E-state index contributed by atoms with van der Waals surface area (Å²) in [6.45, 7) is 5.15. The van der Waals surface area contributed by atoms with Gasteiger partial charge in [0.05, 0.1) is 0 Å². The largest absolute Gasteiger partial charge is 0.370 e. The molecule has 0 saturated heterocycles. The Morgan fingerprint density at radius 1 is 1.20 bits per heavy atom. The van der Waals surface area contributed by atoms with Gasteiger partial charge >= 0.3 is 0 Å². The Morgan fingerprint density at radius 2 is 1.95 bits per heavy atom. The van der Waals surface area contributed by atoms with Crippen molar-refractivity contribution in [3.05, 3.63) is 35.9 Å². The van der Waals surface area contributed by atoms with E-state index in [1.54, 1.807) is 0 Å². The first-order valence-electron chi connectivity index (χ1n) is 7.82. The fourth-order valence-corrected chi connectivity index (χ4v) is 2.20. The predicted molar refractivity (Wildman–Crippen MR) is 88.0 cm³/mol. The van der Waals surface area contributed by atoms with Crippen LogP contribution in [0.15, 0.2) is 35.3 Å². The SMILES string of the molecule is CCCCCCC(C)NC(N)=NCCc1ccccc1. The highest BCUT2D eigenvalue weighted by molar-refractivity contribution is 5.78. The minimum absolute atomic E-state index is 0.410. The molecule has 1 rings (SSSR count). The molecule has 0 aliphatic carbocycles. The quantitative estimate of drug-likeness (QED) is 0.412. The van der Waals surface area contributed by atoms with Gasteiger partial charge in [-0.25, -0.2) is 0 Å². The van der Waals surface area contributed by atoms with Crippen molar-refractivity contribution in [2.75, 3.05) is 6.54 Å². The van der Waals surface area contributed by atoms with E-state index in [1.807, 2.05) is 6.07 Å². The summed E-state index contributed by atoms with van der Waals surface area (Å²) in [6.07, 6.45) is 7.29. The lowest BCUT2D eigenvalue weighted by molar-refractivity contribution is 0.541. The highest BCUT2D eigenvalue weighted by Gasteiger charge is 2.02. The van der Waals surface area contributed by atoms with Crippen LogP contribution in [0.3, 0.4) is 0 Å². The van der Waals surface area contributed by atoms with Gasteiger partial charge in [-0.1, -0.05) is 62.9 Å². The van der Waals surface area contributed by atoms with E-state index in [1.165, 1.54) is 31.2 Å². The highest BCUT2D eigenvalue weighted by atomic mass is 15.1. The zero-order valence-corrected chi connectivity index (χ0v) is 12.9. The van der Waals surface area contributed by atoms with E-state index in [0.717, 1.165) is 19.4 Å². The molecule has 3 N–H and O–H groups in total. The van der Waals surface area contributed by atoms with Gasteiger partial charge in [0, 0.05) is 12.6 Å². The van der Waals surface area contributed by atoms with Crippen LogP contribution < -0.4 is 11.1 Å². The van der Waals surface area contributed by atoms with E-state index in [4.69, 9.17) is 5.73 Å². The molecule has 0 aliphatic heterocycles. The van der Waals surface area contributed by atoms with Crippen LogP contribution in [0, 0.1) is 0 Å². The summed E-state index contributed by atoms with van der Waals surface area (Å²) < 4.78 is 0. The molecule has 1 aromatic carbocycles. The van der Waals surface area contributed by atoms with Crippen molar-refractivity contribution in [3.63, 3.8) is 0 Å². The summed E-state index contributed by atoms with van der Waals surface area (Å²) in [5.41, 5.74) is 7.21. The number of rotatable bonds is 9. The lowest BCUT2D eigenvalue weighted by Crippen LogP contribution is -2.38. The van der Waals surface area contributed by atoms with Crippen molar-refractivity contribution in [1.29, 1.82) is 0 Å². The van der Waals surface area contributed by atoms with Gasteiger partial charge in [0.1, 0.15) is 0 Å². The molecule has 0 fully saturated rings. The summed E-state index contributed by atoms with van der Waals surface area (Å²) >= 11 is 0. The molecule has 0 aromatic heterocycles. The third-order valence-electron chi connectivity index (χ3n) is 3.41. The van der Waals surface area contributed by atoms with Gasteiger partial charge in [0.15, 0.2) is 5.96 Å². The Bertz CT molecular complexity index is 373. The van der Waals surface area contributed by atoms with Gasteiger partial charge in [-0.2, -0.15) is 0 Å². The average molecular weight is 275 g/mol. The van der Waals surface area contributed by atoms with Gasteiger partial charge in [-0.05, 0) is 25.3 Å². The average Bonchev–Trinajstić information content (AvgIpc) is 2.45. The van der Waals surface area contributed by atoms with Crippen molar-refractivity contribution in [1.82, 2.24) is 5.32 Å². The second-order valence-electron chi connectivity index (χ2n) is 5.40. The molecule has 1 unspecified atom stereocenters. The molecule has 0 bridgehead atoms. The molecule has 0 aliphatic rings. The predicted octanol–water partition coefficient (Wildman–Crippen LogP) is 3.49. The molecular weight excluding hydrogens is 246 g/mol. The molecular formula is C17H29N3. The van der Waals surface area contributed by atoms with Crippen molar-refractivity contribution >= 4 is 5.96 Å². The smallest absolute Gasteiger partial charge is 0.188 e. The zero-order valence-electron chi connectivity index (χ0n) is 12.9. The number of nitrogens with one attached hydrogen (secondary N) is 1. The number of aliphatic imine (C=N–C) groups is 1. The number of hydrogen-bond acceptors (Lipinski definition) is 1. The summed E-state index contributed by atoms with van der Waals surface area (Å²) in [5.74, 6) is 0.573. The van der Waals surface area contributed by atoms with Crippen molar-refractivity contribution in [3.8, 4) is 0 Å². The van der Waals surface area contributed by atoms with E-state index < -0.39 is 0 Å². The highest BCUT2D eigenvalue weighted by Crippen LogP contribution is 2.05. The van der Waals surface area contributed by atoms with Crippen molar-refractivity contribution < 1.29 is 0 Å². The van der Waals surface area contributed by atoms with Crippen LogP contribution in [0.5, 0.6) is 0 Å². The number of unbranched alkanes of at least 4 members (excludes halogenated alkanes) is 3. The topological polar surface area (TPSA) is 50.4 Å². The van der Waals surface area contributed by atoms with E-state index in [0.29, 0.717) is 12.0 Å². The maximum Gasteiger partial charge on any atom is 0.188 e. The van der Waals surface area contributed by atoms with Gasteiger partial charge < -0.3 is 11.1 Å². The van der Waals surface area contributed by atoms with Crippen LogP contribution in [0.1, 0.15) is 51.5 Å². The second kappa shape index (κ2) is 10.3. The Kier molecular flexibility index (Phi) is 8.52. The zero-order chi connectivity index (χ0) is 14.6. The van der Waals surface area contributed by atoms with Crippen LogP contribution >= 0.6 is 0 Å². The van der Waals surface area contributed by atoms with Gasteiger partial charge in [0.25, 0.3) is 0 Å². The molecule has 3 nitrogen and oxygen atoms in total. The first-order chi connectivity index (χ1) is 9.72. The molecule has 112 valence electrons. The van der Waals surface area contributed by atoms with E-state index in [2.05, 4.69) is 48.4 Å². The van der Waals surface area contributed by atoms with Crippen LogP contribution in [0.25, 0.3) is 0 Å². The maximum absolute atomic E-state index is 5.91. The molecule has 1 atom stereocenters. The second-order valence-corrected chi connectivity index (χ2v) is 5.40. The van der Waals surface area contributed by atoms with E-state index in [-0.39, 0.29) is 0 Å². The van der Waals surface area contributed by atoms with E-state index in [9.17, 15) is 0 Å². The fourth-order valence-electron chi connectivity index (χ4n) is 2.20. The minimum atomic E-state index is 0.410. The summed E-state index contributed by atoms with van der Waals surface area (Å²) in [4.78, 5) is 4.39. The van der Waals surface area contributed by atoms with Crippen molar-refractivity contribution in [2.45, 2.75) is 58.4 Å². The molecule has 0 radical (unpaired) electrons. The molecule has 0 amide bonds. The lowest BCUT2D eigenvalue weighted by Gasteiger charge is -2.14. The molecule has 20 heavy (non-hydrogen) atoms. The Balaban J connectivity index is 2.17. The Labute approximate surface area is 123 Å². The van der Waals surface area contributed by atoms with Crippen molar-refractivity contribution in [2.24, 2.45) is 10.7 Å². The minimum Gasteiger partial charge on any atom is -0.370 e. The molecule has 0 spiro atoms. The van der Waals surface area contributed by atoms with E-state index >= 15 is 0 Å². The molecule has 0 heterocycles. The van der Waals surface area contributed by atoms with Gasteiger partial charge in [-0.15, -0.1) is 0 Å². The third kappa shape index (κ3) is 7.82. The maximum atomic E-state index is 5.91. The van der Waals surface area contributed by atoms with Crippen LogP contribution in [0.2, 0.25) is 0 Å². The number of nitrogens with zero attached hydrogens (tertiary/aromatic N) is 1. The summed E-state index contributed by atoms with van der Waals surface area (Å²) in [6, 6.07) is 10.8. The third-order valence-corrected chi connectivity index (χ3v) is 3.41. The van der Waals surface area contributed by atoms with Crippen LogP contribution in [-0.2, 0) is 6.42 Å². The lowest BCUT2D eigenvalue weighted by atomic mass is 10.1. The van der Waals surface area contributed by atoms with Crippen LogP contribution in [0.4, 0.5) is 0 Å². The Hall–Kier alpha value is -1.51. The fraction of sp³-hybridized carbons (Fsp3) is 0.588. The molecule has 3 heteroatoms. The monoisotopic (exact) mass is 275 g/mol. The number of guanidine groups is 1. The first-order valence-corrected chi connectivity index (χ1v) is 7.82. The Morgan fingerprint density at radius 3 is 2.65 bits per heavy atom. The first kappa shape index (κ1) is 16.5. The van der Waals surface area contributed by atoms with Crippen LogP contribution in [-0.4, -0.2) is 18.5 Å². The number of hydrogen-bond donors (Lipinski definition) is 2. The normalized spacial score (nSPS) is 13.2. The van der Waals surface area contributed by atoms with Gasteiger partial charge in [-0.3, -0.25) is 4.99 Å². The molecule has 1 aromatic rings. The summed E-state index contributed by atoms with van der Waals surface area (Å²) in [7, 11) is 0. The standard InChI is InChI=1S/C17H29N3/c1-3-4-5-7-10-15(2)20-17(18)19-14-13-16-11-8-6-9-12-16/h6,8-9,11-12,15H,3-5,7,10,13-14H2,1-2H3,(H3,18,19,20). The molecule has 0 saturated carbocycles. The van der Waals surface area contributed by atoms with Gasteiger partial charge in [0.2, 0.25) is 0 Å².